The molecule has 0 radical (unpaired) electrons. The lowest BCUT2D eigenvalue weighted by Gasteiger charge is -2.29. The predicted molar refractivity (Wildman–Crippen MR) is 263 cm³/mol. The summed E-state index contributed by atoms with van der Waals surface area (Å²) in [5, 5.41) is 14.1. The molecular weight excluding hydrogens is 993 g/mol. The maximum absolute atomic E-state index is 13.0. The van der Waals surface area contributed by atoms with Gasteiger partial charge in [-0.15, -0.1) is 0 Å². The van der Waals surface area contributed by atoms with Crippen LogP contribution in [0.2, 0.25) is 0 Å². The fraction of sp³-hybridized carbons (Fsp3) is 0.652. The number of amides is 9. The highest BCUT2D eigenvalue weighted by Crippen LogP contribution is 2.35. The third kappa shape index (κ3) is 33.1. The molecule has 0 aliphatic carbocycles. The Kier molecular flexibility index (Phi) is 33.7. The average Bonchev–Trinajstić information content (AvgIpc) is 3.39. The van der Waals surface area contributed by atoms with E-state index in [2.05, 4.69) is 36.6 Å². The Labute approximate surface area is 433 Å². The molecule has 420 valence electrons. The van der Waals surface area contributed by atoms with Gasteiger partial charge in [-0.05, 0) is 24.7 Å². The second kappa shape index (κ2) is 37.3. The Bertz CT molecular complexity index is 1990. The fourth-order valence-electron chi connectivity index (χ4n) is 6.31. The van der Waals surface area contributed by atoms with E-state index in [0.717, 1.165) is 21.8 Å². The summed E-state index contributed by atoms with van der Waals surface area (Å²) in [6.45, 7) is -3.73. The largest absolute Gasteiger partial charge is 0.468 e. The molecule has 75 heavy (non-hydrogen) atoms. The number of methoxy groups -OCH3 is 1. The van der Waals surface area contributed by atoms with E-state index in [1.165, 1.54) is 14.1 Å². The van der Waals surface area contributed by atoms with Gasteiger partial charge in [-0.25, -0.2) is 0 Å². The number of nitrogens with zero attached hydrogens (tertiary/aromatic N) is 3. The number of ether oxygens (including phenoxy) is 1. The van der Waals surface area contributed by atoms with Crippen molar-refractivity contribution in [3.63, 3.8) is 0 Å². The number of Topliss-reactive ketones (excluding diaryl/α,β-unsaturated/α-hetero) is 6. The Hall–Kier alpha value is -7.40. The van der Waals surface area contributed by atoms with Gasteiger partial charge in [-0.2, -0.15) is 0 Å². The molecule has 0 bridgehead atoms. The molecule has 0 aromatic carbocycles. The number of carbonyl (C=O) groups is 16. The van der Waals surface area contributed by atoms with Crippen LogP contribution in [0.5, 0.6) is 0 Å². The number of hydrogen-bond acceptors (Lipinski definition) is 20. The molecule has 0 heterocycles. The Balaban J connectivity index is 5.46. The van der Waals surface area contributed by atoms with Gasteiger partial charge in [0.15, 0.2) is 34.7 Å². The highest BCUT2D eigenvalue weighted by atomic mass is 16.5. The number of carbonyl (C=O) groups excluding carboxylic acids is 16. The third-order valence-electron chi connectivity index (χ3n) is 11.2. The van der Waals surface area contributed by atoms with Gasteiger partial charge < -0.3 is 68.5 Å². The van der Waals surface area contributed by atoms with Crippen LogP contribution in [-0.4, -0.2) is 215 Å². The van der Waals surface area contributed by atoms with Crippen LogP contribution in [0.15, 0.2) is 0 Å². The van der Waals surface area contributed by atoms with E-state index in [0.29, 0.717) is 0 Å². The molecule has 0 rings (SSSR count). The van der Waals surface area contributed by atoms with Crippen molar-refractivity contribution in [1.82, 2.24) is 46.6 Å². The van der Waals surface area contributed by atoms with Crippen molar-refractivity contribution in [2.45, 2.75) is 84.0 Å². The van der Waals surface area contributed by atoms with Crippen molar-refractivity contribution in [1.29, 1.82) is 0 Å². The van der Waals surface area contributed by atoms with Gasteiger partial charge in [0.1, 0.15) is 6.54 Å². The summed E-state index contributed by atoms with van der Waals surface area (Å²) in [6, 6.07) is 0. The highest BCUT2D eigenvalue weighted by molar-refractivity contribution is 5.95. The standard InChI is InChI=1S/C46H74N12O17/c1-46(14-11-30(59)20-50-36(65)8-5-33(62)26-56(2)42(71)23-53-39(68)17-47,15-12-31(60)21-51-37(66)9-6-34(63)27-57(3)43(72)24-54-40(69)18-48)16-13-32(61)22-52-38(67)10-7-35(64)28-58(29-45(74)75-4)44(73)25-55-41(70)19-49/h5-29,47-49H2,1-4H3,(H,50,65)(H,51,66)(H,52,67)(H,53,68)(H,54,69)(H,55,70). The van der Waals surface area contributed by atoms with Gasteiger partial charge in [0.25, 0.3) is 0 Å². The van der Waals surface area contributed by atoms with Crippen molar-refractivity contribution in [3.05, 3.63) is 0 Å². The highest BCUT2D eigenvalue weighted by Gasteiger charge is 2.28. The molecular formula is C46H74N12O17. The average molecular weight is 1070 g/mol. The molecule has 12 N–H and O–H groups in total. The van der Waals surface area contributed by atoms with Crippen molar-refractivity contribution < 1.29 is 81.4 Å². The third-order valence-corrected chi connectivity index (χ3v) is 11.2. The Morgan fingerprint density at radius 2 is 0.667 bits per heavy atom. The molecule has 0 fully saturated rings. The van der Waals surface area contributed by atoms with E-state index in [-0.39, 0.29) is 116 Å². The van der Waals surface area contributed by atoms with Gasteiger partial charge in [0, 0.05) is 71.9 Å². The summed E-state index contributed by atoms with van der Waals surface area (Å²) in [7, 11) is 3.75. The minimum atomic E-state index is -0.863. The van der Waals surface area contributed by atoms with E-state index in [4.69, 9.17) is 17.2 Å². The first-order chi connectivity index (χ1) is 35.3. The van der Waals surface area contributed by atoms with Gasteiger partial charge >= 0.3 is 5.97 Å². The van der Waals surface area contributed by atoms with E-state index >= 15 is 0 Å². The zero-order valence-electron chi connectivity index (χ0n) is 43.2. The quantitative estimate of drug-likeness (QED) is 0.0257. The Morgan fingerprint density at radius 3 is 0.973 bits per heavy atom. The number of nitrogens with two attached hydrogens (primary N) is 3. The van der Waals surface area contributed by atoms with Crippen LogP contribution in [0.25, 0.3) is 0 Å². The first-order valence-corrected chi connectivity index (χ1v) is 23.9. The van der Waals surface area contributed by atoms with Crippen molar-refractivity contribution >= 4 is 93.8 Å². The predicted octanol–water partition coefficient (Wildman–Crippen LogP) is -6.42. The Morgan fingerprint density at radius 1 is 0.373 bits per heavy atom. The summed E-state index contributed by atoms with van der Waals surface area (Å²) in [5.74, 6) is -9.25. The van der Waals surface area contributed by atoms with Gasteiger partial charge in [-0.1, -0.05) is 6.92 Å². The maximum Gasteiger partial charge on any atom is 0.325 e. The van der Waals surface area contributed by atoms with Crippen molar-refractivity contribution in [2.75, 3.05) is 106 Å². The lowest BCUT2D eigenvalue weighted by atomic mass is 9.76. The van der Waals surface area contributed by atoms with E-state index in [9.17, 15) is 76.7 Å². The molecule has 0 unspecified atom stereocenters. The molecule has 0 saturated carbocycles. The second-order valence-corrected chi connectivity index (χ2v) is 17.6. The van der Waals surface area contributed by atoms with Crippen molar-refractivity contribution in [3.8, 4) is 0 Å². The first-order valence-electron chi connectivity index (χ1n) is 23.9. The lowest BCUT2D eigenvalue weighted by molar-refractivity contribution is -0.147. The van der Waals surface area contributed by atoms with Crippen LogP contribution < -0.4 is 49.1 Å². The van der Waals surface area contributed by atoms with E-state index in [1.807, 2.05) is 0 Å². The number of rotatable bonds is 41. The van der Waals surface area contributed by atoms with E-state index < -0.39 is 145 Å². The number of hydrogen-bond donors (Lipinski definition) is 9. The number of ketones is 6. The number of nitrogens with one attached hydrogen (secondary N) is 6. The van der Waals surface area contributed by atoms with Gasteiger partial charge in [-0.3, -0.25) is 76.7 Å². The zero-order valence-corrected chi connectivity index (χ0v) is 43.2. The molecule has 0 atom stereocenters. The molecule has 0 aliphatic heterocycles. The topological polar surface area (TPSA) is 442 Å². The molecule has 29 nitrogen and oxygen atoms in total. The minimum absolute atomic E-state index is 0.116. The van der Waals surface area contributed by atoms with Crippen molar-refractivity contribution in [2.24, 2.45) is 22.6 Å². The smallest absolute Gasteiger partial charge is 0.325 e. The van der Waals surface area contributed by atoms with Crippen LogP contribution in [0.4, 0.5) is 0 Å². The van der Waals surface area contributed by atoms with Gasteiger partial charge in [0.2, 0.25) is 53.2 Å². The summed E-state index contributed by atoms with van der Waals surface area (Å²) in [5.41, 5.74) is 14.7. The second-order valence-electron chi connectivity index (χ2n) is 17.6. The molecule has 0 aliphatic rings. The molecule has 0 aromatic heterocycles. The summed E-state index contributed by atoms with van der Waals surface area (Å²) >= 11 is 0. The molecule has 0 spiro atoms. The zero-order chi connectivity index (χ0) is 57.1. The molecule has 0 saturated heterocycles. The minimum Gasteiger partial charge on any atom is -0.468 e. The van der Waals surface area contributed by atoms with E-state index in [1.54, 1.807) is 6.92 Å². The lowest BCUT2D eigenvalue weighted by Crippen LogP contribution is -2.46. The fourth-order valence-corrected chi connectivity index (χ4v) is 6.31. The number of esters is 1. The van der Waals surface area contributed by atoms with Crippen LogP contribution in [0, 0.1) is 5.41 Å². The SMILES string of the molecule is COC(=O)CN(CC(=O)CCC(=O)NCC(=O)CCC(C)(CCC(=O)CNC(=O)CCC(=O)CN(C)C(=O)CNC(=O)CN)CCC(=O)CNC(=O)CCC(=O)CN(C)C(=O)CNC(=O)CN)C(=O)CNC(=O)CN. The van der Waals surface area contributed by atoms with Crippen LogP contribution in [0.1, 0.15) is 84.0 Å². The van der Waals surface area contributed by atoms with Gasteiger partial charge in [0.05, 0.1) is 85.6 Å². The molecule has 0 aromatic rings. The number of likely N-dealkylation sites (N-methyl/N-ethyl adjacent to an activating group) is 2. The molecule has 9 amide bonds. The molecule has 29 heteroatoms. The first kappa shape index (κ1) is 67.6. The summed E-state index contributed by atoms with van der Waals surface area (Å²) in [4.78, 5) is 200. The summed E-state index contributed by atoms with van der Waals surface area (Å²) < 4.78 is 4.55. The normalized spacial score (nSPS) is 10.7. The van der Waals surface area contributed by atoms with Crippen LogP contribution >= 0.6 is 0 Å². The monoisotopic (exact) mass is 1070 g/mol. The summed E-state index contributed by atoms with van der Waals surface area (Å²) in [6.07, 6.45) is -1.83. The van der Waals surface area contributed by atoms with Crippen LogP contribution in [-0.2, 0) is 81.4 Å². The van der Waals surface area contributed by atoms with Crippen LogP contribution in [0.3, 0.4) is 0 Å². The maximum atomic E-state index is 13.0.